The van der Waals surface area contributed by atoms with Crippen LogP contribution in [0.2, 0.25) is 0 Å². The summed E-state index contributed by atoms with van der Waals surface area (Å²) in [4.78, 5) is 11.9. The summed E-state index contributed by atoms with van der Waals surface area (Å²) >= 11 is 0. The lowest BCUT2D eigenvalue weighted by Crippen LogP contribution is -2.40. The fourth-order valence-electron chi connectivity index (χ4n) is 1.86. The van der Waals surface area contributed by atoms with Crippen molar-refractivity contribution in [2.75, 3.05) is 18.9 Å². The molecule has 0 saturated heterocycles. The predicted octanol–water partition coefficient (Wildman–Crippen LogP) is 1.03. The lowest BCUT2D eigenvalue weighted by molar-refractivity contribution is -0.145. The van der Waals surface area contributed by atoms with Crippen LogP contribution in [0.5, 0.6) is 0 Å². The van der Waals surface area contributed by atoms with Gasteiger partial charge in [0.2, 0.25) is 0 Å². The Bertz CT molecular complexity index is 530. The third-order valence-corrected chi connectivity index (χ3v) is 3.63. The first kappa shape index (κ1) is 17.6. The molecule has 0 bridgehead atoms. The summed E-state index contributed by atoms with van der Waals surface area (Å²) < 4.78 is 34.9. The third-order valence-electron chi connectivity index (χ3n) is 2.82. The van der Waals surface area contributed by atoms with E-state index in [-0.39, 0.29) is 24.7 Å². The Kier molecular flexibility index (Phi) is 7.35. The lowest BCUT2D eigenvalue weighted by Gasteiger charge is -2.17. The van der Waals surface area contributed by atoms with Crippen LogP contribution < -0.4 is 5.32 Å². The average Bonchev–Trinajstić information content (AvgIpc) is 2.42. The highest BCUT2D eigenvalue weighted by atomic mass is 32.2. The summed E-state index contributed by atoms with van der Waals surface area (Å²) in [6.45, 7) is 2.32. The molecule has 0 aliphatic rings. The van der Waals surface area contributed by atoms with Gasteiger partial charge in [-0.2, -0.15) is 8.42 Å². The molecular formula is C14H21NO5S. The van der Waals surface area contributed by atoms with E-state index in [1.807, 2.05) is 30.3 Å². The number of carbonyl (C=O) groups is 1. The molecule has 1 aromatic carbocycles. The Hall–Kier alpha value is -1.44. The van der Waals surface area contributed by atoms with E-state index in [9.17, 15) is 13.2 Å². The maximum atomic E-state index is 11.9. The van der Waals surface area contributed by atoms with Gasteiger partial charge in [0.1, 0.15) is 6.04 Å². The van der Waals surface area contributed by atoms with Gasteiger partial charge in [0.05, 0.1) is 12.4 Å². The van der Waals surface area contributed by atoms with E-state index < -0.39 is 16.2 Å². The van der Waals surface area contributed by atoms with Crippen LogP contribution in [0.4, 0.5) is 0 Å². The van der Waals surface area contributed by atoms with Gasteiger partial charge < -0.3 is 10.1 Å². The number of rotatable bonds is 9. The first-order valence-corrected chi connectivity index (χ1v) is 8.42. The maximum absolute atomic E-state index is 11.9. The summed E-state index contributed by atoms with van der Waals surface area (Å²) in [7, 11) is -3.97. The molecule has 0 aliphatic carbocycles. The highest BCUT2D eigenvalue weighted by molar-refractivity contribution is 7.85. The highest BCUT2D eigenvalue weighted by Gasteiger charge is 2.19. The van der Waals surface area contributed by atoms with Crippen molar-refractivity contribution in [1.82, 2.24) is 5.32 Å². The minimum Gasteiger partial charge on any atom is -0.465 e. The van der Waals surface area contributed by atoms with Gasteiger partial charge in [0.25, 0.3) is 10.1 Å². The number of esters is 1. The van der Waals surface area contributed by atoms with Gasteiger partial charge in [-0.25, -0.2) is 0 Å². The molecule has 0 fully saturated rings. The van der Waals surface area contributed by atoms with E-state index in [1.54, 1.807) is 6.92 Å². The predicted molar refractivity (Wildman–Crippen MR) is 79.6 cm³/mol. The largest absolute Gasteiger partial charge is 0.465 e. The second-order valence-corrected chi connectivity index (χ2v) is 6.16. The van der Waals surface area contributed by atoms with Gasteiger partial charge >= 0.3 is 5.97 Å². The minimum absolute atomic E-state index is 0.226. The van der Waals surface area contributed by atoms with Crippen LogP contribution in [-0.2, 0) is 26.1 Å². The van der Waals surface area contributed by atoms with E-state index in [1.165, 1.54) is 0 Å². The molecule has 6 nitrogen and oxygen atoms in total. The Morgan fingerprint density at radius 2 is 2.00 bits per heavy atom. The Labute approximate surface area is 125 Å². The second-order valence-electron chi connectivity index (χ2n) is 4.59. The number of nitrogens with one attached hydrogen (secondary N) is 1. The van der Waals surface area contributed by atoms with Crippen LogP contribution in [0.25, 0.3) is 0 Å². The zero-order valence-corrected chi connectivity index (χ0v) is 12.8. The van der Waals surface area contributed by atoms with Crippen LogP contribution in [-0.4, -0.2) is 43.9 Å². The summed E-state index contributed by atoms with van der Waals surface area (Å²) in [6, 6.07) is 8.94. The molecular weight excluding hydrogens is 294 g/mol. The van der Waals surface area contributed by atoms with Crippen molar-refractivity contribution >= 4 is 16.1 Å². The molecule has 0 spiro atoms. The summed E-state index contributed by atoms with van der Waals surface area (Å²) in [5, 5.41) is 2.98. The van der Waals surface area contributed by atoms with Crippen molar-refractivity contribution in [2.24, 2.45) is 0 Å². The lowest BCUT2D eigenvalue weighted by atomic mass is 10.1. The summed E-state index contributed by atoms with van der Waals surface area (Å²) in [5.41, 5.74) is 0.984. The van der Waals surface area contributed by atoms with Gasteiger partial charge in [-0.3, -0.25) is 9.35 Å². The fourth-order valence-corrected chi connectivity index (χ4v) is 2.37. The first-order valence-electron chi connectivity index (χ1n) is 6.81. The normalized spacial score (nSPS) is 12.9. The summed E-state index contributed by atoms with van der Waals surface area (Å²) in [5.74, 6) is -0.700. The zero-order chi connectivity index (χ0) is 15.7. The third kappa shape index (κ3) is 7.79. The number of ether oxygens (including phenoxy) is 1. The van der Waals surface area contributed by atoms with E-state index in [0.29, 0.717) is 13.0 Å². The minimum atomic E-state index is -3.97. The molecule has 0 heterocycles. The molecule has 1 aromatic rings. The Morgan fingerprint density at radius 1 is 1.33 bits per heavy atom. The molecule has 0 radical (unpaired) electrons. The van der Waals surface area contributed by atoms with Crippen molar-refractivity contribution < 1.29 is 22.5 Å². The zero-order valence-electron chi connectivity index (χ0n) is 12.0. The maximum Gasteiger partial charge on any atom is 0.323 e. The smallest absolute Gasteiger partial charge is 0.323 e. The van der Waals surface area contributed by atoms with Crippen molar-refractivity contribution in [3.63, 3.8) is 0 Å². The van der Waals surface area contributed by atoms with Crippen molar-refractivity contribution in [2.45, 2.75) is 25.8 Å². The van der Waals surface area contributed by atoms with Crippen LogP contribution in [0.1, 0.15) is 18.9 Å². The topological polar surface area (TPSA) is 92.7 Å². The molecule has 0 unspecified atom stereocenters. The van der Waals surface area contributed by atoms with Crippen molar-refractivity contribution in [3.05, 3.63) is 35.9 Å². The first-order chi connectivity index (χ1) is 9.92. The number of hydrogen-bond acceptors (Lipinski definition) is 5. The average molecular weight is 315 g/mol. The Balaban J connectivity index is 2.54. The van der Waals surface area contributed by atoms with E-state index >= 15 is 0 Å². The van der Waals surface area contributed by atoms with Gasteiger partial charge in [-0.15, -0.1) is 0 Å². The fraction of sp³-hybridized carbons (Fsp3) is 0.500. The van der Waals surface area contributed by atoms with Crippen molar-refractivity contribution in [1.29, 1.82) is 0 Å². The molecule has 2 N–H and O–H groups in total. The van der Waals surface area contributed by atoms with Crippen molar-refractivity contribution in [3.8, 4) is 0 Å². The molecule has 0 amide bonds. The molecule has 118 valence electrons. The van der Waals surface area contributed by atoms with E-state index in [4.69, 9.17) is 9.29 Å². The van der Waals surface area contributed by atoms with Crippen LogP contribution in [0.3, 0.4) is 0 Å². The standard InChI is InChI=1S/C14H21NO5S/c1-2-20-14(16)13(11-12-7-4-3-5-8-12)15-9-6-10-21(17,18)19/h3-5,7-8,13,15H,2,6,9-11H2,1H3,(H,17,18,19)/t13-/m0/s1. The van der Waals surface area contributed by atoms with Crippen LogP contribution in [0.15, 0.2) is 30.3 Å². The molecule has 0 saturated carbocycles. The molecule has 0 aromatic heterocycles. The number of hydrogen-bond donors (Lipinski definition) is 2. The van der Waals surface area contributed by atoms with E-state index in [0.717, 1.165) is 5.56 Å². The summed E-state index contributed by atoms with van der Waals surface area (Å²) in [6.07, 6.45) is 0.690. The SMILES string of the molecule is CCOC(=O)[C@H](Cc1ccccc1)NCCCS(=O)(=O)O. The molecule has 1 atom stereocenters. The molecule has 21 heavy (non-hydrogen) atoms. The second kappa shape index (κ2) is 8.76. The number of benzene rings is 1. The van der Waals surface area contributed by atoms with E-state index in [2.05, 4.69) is 5.32 Å². The van der Waals surface area contributed by atoms with Crippen LogP contribution >= 0.6 is 0 Å². The quantitative estimate of drug-likeness (QED) is 0.402. The van der Waals surface area contributed by atoms with Gasteiger partial charge in [0.15, 0.2) is 0 Å². The highest BCUT2D eigenvalue weighted by Crippen LogP contribution is 2.05. The van der Waals surface area contributed by atoms with Gasteiger partial charge in [-0.1, -0.05) is 30.3 Å². The van der Waals surface area contributed by atoms with Crippen LogP contribution in [0, 0.1) is 0 Å². The monoisotopic (exact) mass is 315 g/mol. The molecule has 1 rings (SSSR count). The van der Waals surface area contributed by atoms with Gasteiger partial charge in [-0.05, 0) is 31.9 Å². The Morgan fingerprint density at radius 3 is 2.57 bits per heavy atom. The number of carbonyl (C=O) groups excluding carboxylic acids is 1. The molecule has 0 aliphatic heterocycles. The van der Waals surface area contributed by atoms with Gasteiger partial charge in [0, 0.05) is 0 Å². The molecule has 7 heteroatoms.